The highest BCUT2D eigenvalue weighted by Gasteiger charge is 2.10. The van der Waals surface area contributed by atoms with E-state index in [9.17, 15) is 9.59 Å². The van der Waals surface area contributed by atoms with Gasteiger partial charge >= 0.3 is 0 Å². The first-order valence-corrected chi connectivity index (χ1v) is 8.15. The van der Waals surface area contributed by atoms with Crippen molar-refractivity contribution in [2.45, 2.75) is 13.8 Å². The molecule has 2 aromatic rings. The van der Waals surface area contributed by atoms with Crippen LogP contribution in [0.5, 0.6) is 0 Å². The smallest absolute Gasteiger partial charge is 0.236 e. The Bertz CT molecular complexity index is 603. The van der Waals surface area contributed by atoms with Crippen LogP contribution in [0.25, 0.3) is 0 Å². The van der Waals surface area contributed by atoms with Gasteiger partial charge in [-0.3, -0.25) is 9.59 Å². The molecule has 22 heavy (non-hydrogen) atoms. The number of hydrogen-bond acceptors (Lipinski definition) is 4. The zero-order valence-electron chi connectivity index (χ0n) is 12.4. The third-order valence-corrected chi connectivity index (χ3v) is 3.47. The van der Waals surface area contributed by atoms with Crippen LogP contribution >= 0.6 is 23.4 Å². The maximum Gasteiger partial charge on any atom is 0.236 e. The number of benzene rings is 1. The number of halogens is 1. The number of rotatable bonds is 4. The van der Waals surface area contributed by atoms with Gasteiger partial charge in [-0.05, 0) is 12.1 Å². The van der Waals surface area contributed by atoms with Crippen molar-refractivity contribution in [2.24, 2.45) is 0 Å². The first-order valence-electron chi connectivity index (χ1n) is 6.79. The lowest BCUT2D eigenvalue weighted by molar-refractivity contribution is -0.113. The van der Waals surface area contributed by atoms with Gasteiger partial charge in [-0.25, -0.2) is 4.98 Å². The zero-order chi connectivity index (χ0) is 16.4. The summed E-state index contributed by atoms with van der Waals surface area (Å²) in [6.07, 6.45) is 1.44. The molecule has 4 nitrogen and oxygen atoms in total. The molecule has 2 rings (SSSR count). The quantitative estimate of drug-likeness (QED) is 0.905. The van der Waals surface area contributed by atoms with Gasteiger partial charge in [-0.15, -0.1) is 0 Å². The van der Waals surface area contributed by atoms with Crippen molar-refractivity contribution in [2.75, 3.05) is 11.1 Å². The third-order valence-electron chi connectivity index (χ3n) is 2.34. The fourth-order valence-corrected chi connectivity index (χ4v) is 2.17. The second kappa shape index (κ2) is 9.97. The van der Waals surface area contributed by atoms with Gasteiger partial charge in [0.05, 0.1) is 10.8 Å². The molecule has 0 aliphatic carbocycles. The minimum absolute atomic E-state index is 0.0397. The summed E-state index contributed by atoms with van der Waals surface area (Å²) >= 11 is 6.65. The fraction of sp³-hybridized carbons (Fsp3) is 0.188. The molecule has 0 atom stereocenters. The minimum atomic E-state index is -0.283. The first-order chi connectivity index (χ1) is 10.6. The maximum atomic E-state index is 11.8. The van der Waals surface area contributed by atoms with Crippen LogP contribution in [0.4, 0.5) is 5.82 Å². The Labute approximate surface area is 139 Å². The molecule has 0 spiro atoms. The van der Waals surface area contributed by atoms with E-state index in [1.807, 2.05) is 19.9 Å². The molecule has 0 fully saturated rings. The lowest BCUT2D eigenvalue weighted by atomic mass is 10.2. The van der Waals surface area contributed by atoms with Crippen molar-refractivity contribution >= 4 is 40.2 Å². The molecule has 1 aromatic heterocycles. The molecule has 1 N–H and O–H groups in total. The molecule has 0 radical (unpaired) electrons. The van der Waals surface area contributed by atoms with E-state index < -0.39 is 0 Å². The molecule has 6 heteroatoms. The Hall–Kier alpha value is -1.85. The highest BCUT2D eigenvalue weighted by molar-refractivity contribution is 8.14. The molecule has 1 heterocycles. The predicted octanol–water partition coefficient (Wildman–Crippen LogP) is 4.27. The Balaban J connectivity index is 0.00000116. The average molecular weight is 337 g/mol. The summed E-state index contributed by atoms with van der Waals surface area (Å²) in [5.41, 5.74) is 0.579. The number of nitrogens with one attached hydrogen (secondary N) is 1. The van der Waals surface area contributed by atoms with Crippen LogP contribution in [0.3, 0.4) is 0 Å². The highest BCUT2D eigenvalue weighted by Crippen LogP contribution is 2.13. The van der Waals surface area contributed by atoms with E-state index >= 15 is 0 Å². The van der Waals surface area contributed by atoms with Gasteiger partial charge < -0.3 is 5.32 Å². The van der Waals surface area contributed by atoms with Gasteiger partial charge in [0.1, 0.15) is 5.82 Å². The second-order valence-electron chi connectivity index (χ2n) is 3.85. The van der Waals surface area contributed by atoms with Crippen molar-refractivity contribution in [1.29, 1.82) is 0 Å². The number of anilines is 1. The molecular weight excluding hydrogens is 320 g/mol. The van der Waals surface area contributed by atoms with E-state index in [4.69, 9.17) is 11.6 Å². The number of carbonyl (C=O) groups is 2. The van der Waals surface area contributed by atoms with Crippen LogP contribution in [0, 0.1) is 0 Å². The van der Waals surface area contributed by atoms with E-state index in [1.54, 1.807) is 36.4 Å². The van der Waals surface area contributed by atoms with Crippen LogP contribution in [-0.2, 0) is 4.79 Å². The third kappa shape index (κ3) is 6.28. The van der Waals surface area contributed by atoms with Gasteiger partial charge in [0.25, 0.3) is 0 Å². The van der Waals surface area contributed by atoms with Crippen molar-refractivity contribution in [3.8, 4) is 0 Å². The normalized spacial score (nSPS) is 9.41. The summed E-state index contributed by atoms with van der Waals surface area (Å²) in [4.78, 5) is 27.4. The fourth-order valence-electron chi connectivity index (χ4n) is 1.42. The Morgan fingerprint density at radius 1 is 1.14 bits per heavy atom. The average Bonchev–Trinajstić information content (AvgIpc) is 2.57. The van der Waals surface area contributed by atoms with E-state index in [0.29, 0.717) is 16.4 Å². The summed E-state index contributed by atoms with van der Waals surface area (Å²) in [5, 5.41) is 2.96. The van der Waals surface area contributed by atoms with Gasteiger partial charge in [0, 0.05) is 11.8 Å². The molecule has 0 bridgehead atoms. The lowest BCUT2D eigenvalue weighted by Gasteiger charge is -2.04. The molecule has 0 saturated carbocycles. The number of amides is 1. The minimum Gasteiger partial charge on any atom is -0.310 e. The molecule has 0 saturated heterocycles. The number of hydrogen-bond donors (Lipinski definition) is 1. The molecule has 1 aromatic carbocycles. The highest BCUT2D eigenvalue weighted by atomic mass is 35.5. The Morgan fingerprint density at radius 3 is 2.41 bits per heavy atom. The number of pyridine rings is 1. The van der Waals surface area contributed by atoms with Crippen molar-refractivity contribution in [3.05, 3.63) is 59.2 Å². The molecule has 1 amide bonds. The summed E-state index contributed by atoms with van der Waals surface area (Å²) < 4.78 is 0. The topological polar surface area (TPSA) is 59.1 Å². The predicted molar refractivity (Wildman–Crippen MR) is 92.5 cm³/mol. The molecule has 0 aliphatic heterocycles. The summed E-state index contributed by atoms with van der Waals surface area (Å²) in [5.74, 6) is 0.166. The van der Waals surface area contributed by atoms with E-state index in [1.165, 1.54) is 6.20 Å². The van der Waals surface area contributed by atoms with Gasteiger partial charge in [0.2, 0.25) is 11.0 Å². The van der Waals surface area contributed by atoms with Crippen LogP contribution in [-0.4, -0.2) is 21.8 Å². The second-order valence-corrected chi connectivity index (χ2v) is 5.24. The van der Waals surface area contributed by atoms with Gasteiger partial charge in [0.15, 0.2) is 0 Å². The van der Waals surface area contributed by atoms with Crippen molar-refractivity contribution in [3.63, 3.8) is 0 Å². The standard InChI is InChI=1S/C14H11ClN2O2S.C2H6/c15-11-6-7-12(16-8-11)17-13(18)9-20-14(19)10-4-2-1-3-5-10;1-2/h1-8H,9H2,(H,16,17,18);1-2H3. The van der Waals surface area contributed by atoms with Crippen LogP contribution in [0.2, 0.25) is 5.02 Å². The van der Waals surface area contributed by atoms with Crippen LogP contribution < -0.4 is 5.32 Å². The zero-order valence-corrected chi connectivity index (χ0v) is 13.9. The van der Waals surface area contributed by atoms with Crippen molar-refractivity contribution in [1.82, 2.24) is 4.98 Å². The Morgan fingerprint density at radius 2 is 1.82 bits per heavy atom. The van der Waals surface area contributed by atoms with E-state index in [-0.39, 0.29) is 16.8 Å². The number of carbonyl (C=O) groups excluding carboxylic acids is 2. The molecule has 0 aliphatic rings. The Kier molecular flexibility index (Phi) is 8.25. The molecular formula is C16H17ClN2O2S. The maximum absolute atomic E-state index is 11.8. The van der Waals surface area contributed by atoms with Gasteiger partial charge in [-0.2, -0.15) is 0 Å². The van der Waals surface area contributed by atoms with Crippen LogP contribution in [0.1, 0.15) is 24.2 Å². The monoisotopic (exact) mass is 336 g/mol. The van der Waals surface area contributed by atoms with Gasteiger partial charge in [-0.1, -0.05) is 67.5 Å². The van der Waals surface area contributed by atoms with Crippen molar-refractivity contribution < 1.29 is 9.59 Å². The summed E-state index contributed by atoms with van der Waals surface area (Å²) in [6, 6.07) is 12.1. The number of aromatic nitrogens is 1. The van der Waals surface area contributed by atoms with E-state index in [0.717, 1.165) is 11.8 Å². The number of nitrogens with zero attached hydrogens (tertiary/aromatic N) is 1. The largest absolute Gasteiger partial charge is 0.310 e. The molecule has 0 unspecified atom stereocenters. The molecule has 116 valence electrons. The van der Waals surface area contributed by atoms with Crippen LogP contribution in [0.15, 0.2) is 48.7 Å². The first kappa shape index (κ1) is 18.2. The summed E-state index contributed by atoms with van der Waals surface area (Å²) in [6.45, 7) is 4.00. The summed E-state index contributed by atoms with van der Waals surface area (Å²) in [7, 11) is 0. The lowest BCUT2D eigenvalue weighted by Crippen LogP contribution is -2.16. The van der Waals surface area contributed by atoms with E-state index in [2.05, 4.69) is 10.3 Å². The number of thioether (sulfide) groups is 1. The SMILES string of the molecule is CC.O=C(CSC(=O)c1ccccc1)Nc1ccc(Cl)cn1.